The van der Waals surface area contributed by atoms with E-state index in [-0.39, 0.29) is 5.41 Å². The summed E-state index contributed by atoms with van der Waals surface area (Å²) in [6.07, 6.45) is 0. The van der Waals surface area contributed by atoms with Gasteiger partial charge in [-0.15, -0.1) is 0 Å². The van der Waals surface area contributed by atoms with E-state index in [1.54, 1.807) is 0 Å². The van der Waals surface area contributed by atoms with Gasteiger partial charge in [-0.2, -0.15) is 0 Å². The standard InChI is InChI=1S/C17H20/c1-13-9-5-7-11-15(13)17(3,4)16-12-8-6-10-14(16)2/h5-12H,1-4H3. The van der Waals surface area contributed by atoms with Crippen molar-refractivity contribution in [2.24, 2.45) is 0 Å². The first kappa shape index (κ1) is 11.9. The summed E-state index contributed by atoms with van der Waals surface area (Å²) in [6.45, 7) is 8.99. The van der Waals surface area contributed by atoms with Gasteiger partial charge in [0.1, 0.15) is 0 Å². The fourth-order valence-corrected chi connectivity index (χ4v) is 2.69. The molecule has 0 bridgehead atoms. The van der Waals surface area contributed by atoms with Crippen molar-refractivity contribution >= 4 is 0 Å². The lowest BCUT2D eigenvalue weighted by Crippen LogP contribution is -2.21. The lowest BCUT2D eigenvalue weighted by molar-refractivity contribution is 0.631. The molecular weight excluding hydrogens is 204 g/mol. The Kier molecular flexibility index (Phi) is 3.06. The van der Waals surface area contributed by atoms with Crippen molar-refractivity contribution < 1.29 is 0 Å². The second kappa shape index (κ2) is 4.37. The van der Waals surface area contributed by atoms with Crippen LogP contribution < -0.4 is 0 Å². The molecule has 2 rings (SSSR count). The number of hydrogen-bond donors (Lipinski definition) is 0. The predicted octanol–water partition coefficient (Wildman–Crippen LogP) is 4.63. The number of aryl methyl sites for hydroxylation is 2. The summed E-state index contributed by atoms with van der Waals surface area (Å²) in [7, 11) is 0. The molecule has 0 saturated heterocycles. The number of rotatable bonds is 2. The highest BCUT2D eigenvalue weighted by molar-refractivity contribution is 5.44. The summed E-state index contributed by atoms with van der Waals surface area (Å²) < 4.78 is 0. The van der Waals surface area contributed by atoms with Crippen LogP contribution >= 0.6 is 0 Å². The zero-order valence-electron chi connectivity index (χ0n) is 11.1. The zero-order chi connectivity index (χ0) is 12.5. The molecule has 0 heterocycles. The second-order valence-corrected chi connectivity index (χ2v) is 5.25. The Morgan fingerprint density at radius 1 is 0.647 bits per heavy atom. The highest BCUT2D eigenvalue weighted by Crippen LogP contribution is 2.34. The maximum absolute atomic E-state index is 2.30. The SMILES string of the molecule is Cc1ccccc1C(C)(C)c1ccccc1C. The molecule has 0 aliphatic rings. The smallest absolute Gasteiger partial charge is 0.0151 e. The van der Waals surface area contributed by atoms with E-state index in [0.29, 0.717) is 0 Å². The van der Waals surface area contributed by atoms with Crippen LogP contribution in [0, 0.1) is 13.8 Å². The molecular formula is C17H20. The quantitative estimate of drug-likeness (QED) is 0.697. The first-order valence-corrected chi connectivity index (χ1v) is 6.15. The van der Waals surface area contributed by atoms with E-state index in [0.717, 1.165) is 0 Å². The van der Waals surface area contributed by atoms with Gasteiger partial charge in [0.15, 0.2) is 0 Å². The molecule has 0 atom stereocenters. The van der Waals surface area contributed by atoms with Gasteiger partial charge in [0, 0.05) is 5.41 Å². The Bertz CT molecular complexity index is 474. The number of hydrogen-bond acceptors (Lipinski definition) is 0. The minimum atomic E-state index is 0.0662. The minimum Gasteiger partial charge on any atom is -0.0620 e. The first-order valence-electron chi connectivity index (χ1n) is 6.15. The molecule has 17 heavy (non-hydrogen) atoms. The summed E-state index contributed by atoms with van der Waals surface area (Å²) in [5, 5.41) is 0. The Morgan fingerprint density at radius 3 is 1.35 bits per heavy atom. The molecule has 2 aromatic carbocycles. The van der Waals surface area contributed by atoms with Crippen LogP contribution in [0.2, 0.25) is 0 Å². The second-order valence-electron chi connectivity index (χ2n) is 5.25. The van der Waals surface area contributed by atoms with Gasteiger partial charge in [0.05, 0.1) is 0 Å². The van der Waals surface area contributed by atoms with Crippen LogP contribution in [0.25, 0.3) is 0 Å². The van der Waals surface area contributed by atoms with Crippen LogP contribution in [0.3, 0.4) is 0 Å². The summed E-state index contributed by atoms with van der Waals surface area (Å²) >= 11 is 0. The van der Waals surface area contributed by atoms with Gasteiger partial charge in [-0.1, -0.05) is 62.4 Å². The maximum Gasteiger partial charge on any atom is 0.0151 e. The summed E-state index contributed by atoms with van der Waals surface area (Å²) in [6, 6.07) is 17.3. The van der Waals surface area contributed by atoms with Crippen LogP contribution in [0.1, 0.15) is 36.1 Å². The molecule has 0 aromatic heterocycles. The average molecular weight is 224 g/mol. The summed E-state index contributed by atoms with van der Waals surface area (Å²) in [4.78, 5) is 0. The van der Waals surface area contributed by atoms with Gasteiger partial charge in [0.25, 0.3) is 0 Å². The molecule has 0 unspecified atom stereocenters. The minimum absolute atomic E-state index is 0.0662. The largest absolute Gasteiger partial charge is 0.0620 e. The highest BCUT2D eigenvalue weighted by atomic mass is 14.3. The predicted molar refractivity (Wildman–Crippen MR) is 74.5 cm³/mol. The molecule has 0 aliphatic carbocycles. The molecule has 0 radical (unpaired) electrons. The topological polar surface area (TPSA) is 0 Å². The summed E-state index contributed by atoms with van der Waals surface area (Å²) in [5.74, 6) is 0. The molecule has 0 aliphatic heterocycles. The van der Waals surface area contributed by atoms with Crippen molar-refractivity contribution in [3.05, 3.63) is 70.8 Å². The molecule has 88 valence electrons. The van der Waals surface area contributed by atoms with E-state index in [9.17, 15) is 0 Å². The Hall–Kier alpha value is -1.56. The molecule has 0 saturated carbocycles. The van der Waals surface area contributed by atoms with E-state index in [1.807, 2.05) is 0 Å². The van der Waals surface area contributed by atoms with Crippen LogP contribution in [-0.4, -0.2) is 0 Å². The van der Waals surface area contributed by atoms with Crippen molar-refractivity contribution in [3.63, 3.8) is 0 Å². The molecule has 0 N–H and O–H groups in total. The van der Waals surface area contributed by atoms with Crippen molar-refractivity contribution in [2.75, 3.05) is 0 Å². The van der Waals surface area contributed by atoms with E-state index in [1.165, 1.54) is 22.3 Å². The Balaban J connectivity index is 2.58. The van der Waals surface area contributed by atoms with Crippen molar-refractivity contribution in [1.82, 2.24) is 0 Å². The molecule has 0 amide bonds. The molecule has 2 aromatic rings. The Morgan fingerprint density at radius 2 is 1.00 bits per heavy atom. The summed E-state index contributed by atoms with van der Waals surface area (Å²) in [5.41, 5.74) is 5.61. The van der Waals surface area contributed by atoms with E-state index < -0.39 is 0 Å². The molecule has 0 spiro atoms. The van der Waals surface area contributed by atoms with Gasteiger partial charge in [-0.25, -0.2) is 0 Å². The first-order chi connectivity index (χ1) is 8.03. The van der Waals surface area contributed by atoms with Crippen molar-refractivity contribution in [3.8, 4) is 0 Å². The van der Waals surface area contributed by atoms with Gasteiger partial charge < -0.3 is 0 Å². The molecule has 0 nitrogen and oxygen atoms in total. The lowest BCUT2D eigenvalue weighted by Gasteiger charge is -2.29. The van der Waals surface area contributed by atoms with Crippen LogP contribution in [0.15, 0.2) is 48.5 Å². The Labute approximate surface area is 104 Å². The van der Waals surface area contributed by atoms with Gasteiger partial charge >= 0.3 is 0 Å². The third-order valence-corrected chi connectivity index (χ3v) is 3.64. The zero-order valence-corrected chi connectivity index (χ0v) is 11.1. The fourth-order valence-electron chi connectivity index (χ4n) is 2.69. The van der Waals surface area contributed by atoms with Crippen LogP contribution in [0.4, 0.5) is 0 Å². The lowest BCUT2D eigenvalue weighted by atomic mass is 9.75. The monoisotopic (exact) mass is 224 g/mol. The van der Waals surface area contributed by atoms with E-state index in [2.05, 4.69) is 76.2 Å². The van der Waals surface area contributed by atoms with Gasteiger partial charge in [-0.3, -0.25) is 0 Å². The highest BCUT2D eigenvalue weighted by Gasteiger charge is 2.25. The van der Waals surface area contributed by atoms with Crippen LogP contribution in [0.5, 0.6) is 0 Å². The molecule has 0 heteroatoms. The van der Waals surface area contributed by atoms with E-state index >= 15 is 0 Å². The van der Waals surface area contributed by atoms with Crippen LogP contribution in [-0.2, 0) is 5.41 Å². The maximum atomic E-state index is 2.30. The normalized spacial score (nSPS) is 11.5. The van der Waals surface area contributed by atoms with E-state index in [4.69, 9.17) is 0 Å². The number of benzene rings is 2. The average Bonchev–Trinajstić information content (AvgIpc) is 2.29. The molecule has 0 fully saturated rings. The fraction of sp³-hybridized carbons (Fsp3) is 0.294. The van der Waals surface area contributed by atoms with Crippen molar-refractivity contribution in [2.45, 2.75) is 33.1 Å². The van der Waals surface area contributed by atoms with Crippen molar-refractivity contribution in [1.29, 1.82) is 0 Å². The van der Waals surface area contributed by atoms with Gasteiger partial charge in [-0.05, 0) is 36.1 Å². The van der Waals surface area contributed by atoms with Gasteiger partial charge in [0.2, 0.25) is 0 Å². The third-order valence-electron chi connectivity index (χ3n) is 3.64. The third kappa shape index (κ3) is 2.12.